The van der Waals surface area contributed by atoms with E-state index in [4.69, 9.17) is 4.74 Å². The minimum absolute atomic E-state index is 0.0469. The molecule has 0 spiro atoms. The Morgan fingerprint density at radius 1 is 1.32 bits per heavy atom. The van der Waals surface area contributed by atoms with E-state index < -0.39 is 12.0 Å². The number of carbonyl (C=O) groups is 2. The van der Waals surface area contributed by atoms with Crippen molar-refractivity contribution in [1.82, 2.24) is 15.2 Å². The summed E-state index contributed by atoms with van der Waals surface area (Å²) in [6, 6.07) is 3.61. The molecule has 8 heteroatoms. The number of aryl methyl sites for hydroxylation is 2. The van der Waals surface area contributed by atoms with Gasteiger partial charge in [-0.1, -0.05) is 19.9 Å². The minimum Gasteiger partial charge on any atom is -0.480 e. The fourth-order valence-electron chi connectivity index (χ4n) is 4.10. The number of piperidine rings is 1. The van der Waals surface area contributed by atoms with E-state index in [9.17, 15) is 14.7 Å². The minimum atomic E-state index is -0.874. The van der Waals surface area contributed by atoms with Crippen molar-refractivity contribution in [2.24, 2.45) is 5.92 Å². The van der Waals surface area contributed by atoms with E-state index in [0.29, 0.717) is 32.5 Å². The fourth-order valence-corrected chi connectivity index (χ4v) is 4.10. The van der Waals surface area contributed by atoms with E-state index in [1.165, 1.54) is 12.7 Å². The summed E-state index contributed by atoms with van der Waals surface area (Å²) in [6.45, 7) is 6.98. The Morgan fingerprint density at radius 3 is 2.74 bits per heavy atom. The molecule has 1 fully saturated rings. The Balaban J connectivity index is 0.00000166. The molecule has 1 unspecified atom stereocenters. The number of methoxy groups -OCH3 is 1. The second kappa shape index (κ2) is 13.3. The van der Waals surface area contributed by atoms with E-state index >= 15 is 0 Å². The first-order valence-corrected chi connectivity index (χ1v) is 11.5. The third kappa shape index (κ3) is 7.47. The molecule has 2 aliphatic heterocycles. The van der Waals surface area contributed by atoms with Crippen molar-refractivity contribution in [2.75, 3.05) is 45.2 Å². The lowest BCUT2D eigenvalue weighted by molar-refractivity contribution is -0.146. The van der Waals surface area contributed by atoms with Gasteiger partial charge in [0.1, 0.15) is 11.9 Å². The number of amides is 1. The molecule has 1 amide bonds. The molecule has 3 rings (SSSR count). The van der Waals surface area contributed by atoms with Gasteiger partial charge in [-0.2, -0.15) is 0 Å². The van der Waals surface area contributed by atoms with Crippen LogP contribution < -0.4 is 10.6 Å². The van der Waals surface area contributed by atoms with E-state index in [0.717, 1.165) is 43.7 Å². The van der Waals surface area contributed by atoms with Crippen LogP contribution in [0.3, 0.4) is 0 Å². The molecule has 1 atom stereocenters. The van der Waals surface area contributed by atoms with Gasteiger partial charge >= 0.3 is 5.97 Å². The number of hydrogen-bond acceptors (Lipinski definition) is 6. The number of hydrogen-bond donors (Lipinski definition) is 3. The molecule has 0 bridgehead atoms. The van der Waals surface area contributed by atoms with Gasteiger partial charge in [0.2, 0.25) is 5.91 Å². The Labute approximate surface area is 185 Å². The van der Waals surface area contributed by atoms with Gasteiger partial charge in [0.15, 0.2) is 0 Å². The van der Waals surface area contributed by atoms with Crippen molar-refractivity contribution >= 4 is 17.7 Å². The van der Waals surface area contributed by atoms with Crippen LogP contribution in [0.15, 0.2) is 12.1 Å². The standard InChI is InChI=1S/C21H32N4O4.C2H6/c1-29-14-18(21(27)28)25-12-8-16(9-13-25)20(26)23-11-3-5-17-7-6-15-4-2-10-22-19(15)24-17;1-2/h6-7,16,18H,2-5,8-14H2,1H3,(H,22,24)(H,23,26)(H,27,28);1-2H3. The quantitative estimate of drug-likeness (QED) is 0.513. The lowest BCUT2D eigenvalue weighted by atomic mass is 9.95. The number of ether oxygens (including phenoxy) is 1. The van der Waals surface area contributed by atoms with Gasteiger partial charge in [-0.15, -0.1) is 0 Å². The van der Waals surface area contributed by atoms with Gasteiger partial charge in [-0.05, 0) is 63.2 Å². The van der Waals surface area contributed by atoms with E-state index in [2.05, 4.69) is 27.8 Å². The number of nitrogens with zero attached hydrogens (tertiary/aromatic N) is 2. The molecule has 3 N–H and O–H groups in total. The van der Waals surface area contributed by atoms with Crippen LogP contribution >= 0.6 is 0 Å². The zero-order valence-corrected chi connectivity index (χ0v) is 19.2. The van der Waals surface area contributed by atoms with Crippen LogP contribution in [0.5, 0.6) is 0 Å². The lowest BCUT2D eigenvalue weighted by Crippen LogP contribution is -2.49. The monoisotopic (exact) mass is 434 g/mol. The number of carbonyl (C=O) groups excluding carboxylic acids is 1. The number of carboxylic acids is 1. The number of aliphatic carboxylic acids is 1. The molecule has 1 saturated heterocycles. The van der Waals surface area contributed by atoms with Crippen molar-refractivity contribution in [3.63, 3.8) is 0 Å². The van der Waals surface area contributed by atoms with Crippen LogP contribution in [0.2, 0.25) is 0 Å². The topological polar surface area (TPSA) is 104 Å². The Morgan fingerprint density at radius 2 is 2.06 bits per heavy atom. The van der Waals surface area contributed by atoms with Gasteiger partial charge in [0.05, 0.1) is 6.61 Å². The van der Waals surface area contributed by atoms with Crippen LogP contribution in [0.25, 0.3) is 0 Å². The fraction of sp³-hybridized carbons (Fsp3) is 0.696. The summed E-state index contributed by atoms with van der Waals surface area (Å²) < 4.78 is 5.01. The summed E-state index contributed by atoms with van der Waals surface area (Å²) in [6.07, 6.45) is 5.29. The Bertz CT molecular complexity index is 705. The number of nitrogens with one attached hydrogen (secondary N) is 2. The SMILES string of the molecule is CC.COCC(C(=O)O)N1CCC(C(=O)NCCCc2ccc3c(n2)NCCC3)CC1. The van der Waals surface area contributed by atoms with Gasteiger partial charge in [-0.3, -0.25) is 14.5 Å². The number of fused-ring (bicyclic) bond motifs is 1. The smallest absolute Gasteiger partial charge is 0.323 e. The van der Waals surface area contributed by atoms with Crippen LogP contribution in [0.4, 0.5) is 5.82 Å². The van der Waals surface area contributed by atoms with Crippen molar-refractivity contribution in [2.45, 2.75) is 58.4 Å². The summed E-state index contributed by atoms with van der Waals surface area (Å²) in [4.78, 5) is 30.4. The molecule has 8 nitrogen and oxygen atoms in total. The van der Waals surface area contributed by atoms with Crippen LogP contribution in [0, 0.1) is 5.92 Å². The molecule has 0 radical (unpaired) electrons. The summed E-state index contributed by atoms with van der Waals surface area (Å²) >= 11 is 0. The van der Waals surface area contributed by atoms with Gasteiger partial charge in [0.25, 0.3) is 0 Å². The maximum atomic E-state index is 12.4. The molecule has 31 heavy (non-hydrogen) atoms. The second-order valence-electron chi connectivity index (χ2n) is 7.85. The molecule has 1 aromatic rings. The highest BCUT2D eigenvalue weighted by molar-refractivity contribution is 5.79. The Hall–Kier alpha value is -2.19. The Kier molecular flexibility index (Phi) is 10.7. The highest BCUT2D eigenvalue weighted by Crippen LogP contribution is 2.21. The summed E-state index contributed by atoms with van der Waals surface area (Å²) in [5, 5.41) is 15.7. The first kappa shape index (κ1) is 25.1. The van der Waals surface area contributed by atoms with Gasteiger partial charge in [0, 0.05) is 31.8 Å². The van der Waals surface area contributed by atoms with Gasteiger partial charge < -0.3 is 20.5 Å². The largest absolute Gasteiger partial charge is 0.480 e. The van der Waals surface area contributed by atoms with E-state index in [-0.39, 0.29) is 18.4 Å². The molecule has 174 valence electrons. The number of rotatable bonds is 9. The first-order chi connectivity index (χ1) is 15.1. The molecule has 2 aliphatic rings. The predicted octanol–water partition coefficient (Wildman–Crippen LogP) is 2.33. The van der Waals surface area contributed by atoms with Crippen LogP contribution in [0.1, 0.15) is 50.8 Å². The normalized spacial score (nSPS) is 17.5. The molecular weight excluding hydrogens is 396 g/mol. The highest BCUT2D eigenvalue weighted by Gasteiger charge is 2.31. The molecular formula is C23H38N4O4. The van der Waals surface area contributed by atoms with E-state index in [1.54, 1.807) is 0 Å². The van der Waals surface area contributed by atoms with E-state index in [1.807, 2.05) is 18.7 Å². The zero-order chi connectivity index (χ0) is 22.6. The average molecular weight is 435 g/mol. The zero-order valence-electron chi connectivity index (χ0n) is 19.2. The average Bonchev–Trinajstić information content (AvgIpc) is 2.81. The molecule has 0 aliphatic carbocycles. The molecule has 0 aromatic carbocycles. The van der Waals surface area contributed by atoms with Crippen LogP contribution in [-0.2, 0) is 27.2 Å². The maximum absolute atomic E-state index is 12.4. The summed E-state index contributed by atoms with van der Waals surface area (Å²) in [5.41, 5.74) is 2.34. The summed E-state index contributed by atoms with van der Waals surface area (Å²) in [7, 11) is 1.51. The summed E-state index contributed by atoms with van der Waals surface area (Å²) in [5.74, 6) is 0.163. The van der Waals surface area contributed by atoms with Crippen molar-refractivity contribution in [1.29, 1.82) is 0 Å². The number of aromatic nitrogens is 1. The number of pyridine rings is 1. The third-order valence-electron chi connectivity index (χ3n) is 5.81. The lowest BCUT2D eigenvalue weighted by Gasteiger charge is -2.34. The van der Waals surface area contributed by atoms with Gasteiger partial charge in [-0.25, -0.2) is 4.98 Å². The predicted molar refractivity (Wildman–Crippen MR) is 121 cm³/mol. The first-order valence-electron chi connectivity index (χ1n) is 11.5. The maximum Gasteiger partial charge on any atom is 0.323 e. The van der Waals surface area contributed by atoms with Crippen molar-refractivity contribution < 1.29 is 19.4 Å². The molecule has 0 saturated carbocycles. The third-order valence-corrected chi connectivity index (χ3v) is 5.81. The number of carboxylic acid groups (broad SMARTS) is 1. The van der Waals surface area contributed by atoms with Crippen molar-refractivity contribution in [3.8, 4) is 0 Å². The molecule has 1 aromatic heterocycles. The molecule has 3 heterocycles. The van der Waals surface area contributed by atoms with Crippen molar-refractivity contribution in [3.05, 3.63) is 23.4 Å². The highest BCUT2D eigenvalue weighted by atomic mass is 16.5. The van der Waals surface area contributed by atoms with Crippen LogP contribution in [-0.4, -0.2) is 72.8 Å². The number of anilines is 1. The second-order valence-corrected chi connectivity index (χ2v) is 7.85. The number of likely N-dealkylation sites (tertiary alicyclic amines) is 1.